The minimum Gasteiger partial charge on any atom is -0.461 e. The molecule has 0 amide bonds. The number of carbonyl (C=O) groups is 1. The minimum absolute atomic E-state index is 0.0905. The largest absolute Gasteiger partial charge is 0.461 e. The molecule has 3 heterocycles. The van der Waals surface area contributed by atoms with Gasteiger partial charge in [-0.2, -0.15) is 5.26 Å². The van der Waals surface area contributed by atoms with Gasteiger partial charge in [-0.15, -0.1) is 11.3 Å². The van der Waals surface area contributed by atoms with Gasteiger partial charge in [0.05, 0.1) is 22.9 Å². The van der Waals surface area contributed by atoms with E-state index in [2.05, 4.69) is 34.8 Å². The van der Waals surface area contributed by atoms with Crippen LogP contribution in [0.15, 0.2) is 30.6 Å². The number of aryl methyl sites for hydroxylation is 2. The minimum atomic E-state index is -0.149. The summed E-state index contributed by atoms with van der Waals surface area (Å²) in [4.78, 5) is 26.0. The summed E-state index contributed by atoms with van der Waals surface area (Å²) < 4.78 is 5.51. The first-order valence-corrected chi connectivity index (χ1v) is 10.5. The number of carbonyl (C=O) groups excluding carboxylic acids is 1. The molecule has 0 saturated carbocycles. The molecule has 0 bridgehead atoms. The molecule has 0 spiro atoms. The van der Waals surface area contributed by atoms with Gasteiger partial charge in [-0.05, 0) is 49.9 Å². The van der Waals surface area contributed by atoms with Gasteiger partial charge in [0.2, 0.25) is 0 Å². The van der Waals surface area contributed by atoms with E-state index in [1.54, 1.807) is 29.8 Å². The van der Waals surface area contributed by atoms with Crippen LogP contribution in [0.5, 0.6) is 0 Å². The number of nitriles is 1. The standard InChI is InChI=1S/C22H22N4O2S/c1-14-15(2)29-21-19(14)20(24-13-25-21)26-9-7-18(8-10-26)22(27)28-12-17-5-3-16(11-23)4-6-17/h3-6,13,18H,7-10,12H2,1-2H3. The van der Waals surface area contributed by atoms with Crippen LogP contribution in [-0.2, 0) is 16.1 Å². The van der Waals surface area contributed by atoms with Crippen molar-refractivity contribution in [3.05, 3.63) is 52.2 Å². The van der Waals surface area contributed by atoms with Crippen LogP contribution >= 0.6 is 11.3 Å². The Bertz CT molecular complexity index is 1080. The van der Waals surface area contributed by atoms with Gasteiger partial charge in [0.15, 0.2) is 0 Å². The molecule has 2 aromatic heterocycles. The molecule has 3 aromatic rings. The molecule has 1 aromatic carbocycles. The molecule has 0 radical (unpaired) electrons. The summed E-state index contributed by atoms with van der Waals surface area (Å²) in [5.41, 5.74) is 2.73. The van der Waals surface area contributed by atoms with Crippen molar-refractivity contribution in [2.45, 2.75) is 33.3 Å². The maximum atomic E-state index is 12.5. The van der Waals surface area contributed by atoms with Crippen molar-refractivity contribution in [1.29, 1.82) is 5.26 Å². The van der Waals surface area contributed by atoms with Crippen molar-refractivity contribution in [3.63, 3.8) is 0 Å². The maximum Gasteiger partial charge on any atom is 0.309 e. The molecule has 4 rings (SSSR count). The third kappa shape index (κ3) is 3.94. The lowest BCUT2D eigenvalue weighted by Crippen LogP contribution is -2.37. The smallest absolute Gasteiger partial charge is 0.309 e. The molecule has 7 heteroatoms. The summed E-state index contributed by atoms with van der Waals surface area (Å²) in [6.07, 6.45) is 3.13. The van der Waals surface area contributed by atoms with Gasteiger partial charge >= 0.3 is 5.97 Å². The highest BCUT2D eigenvalue weighted by Gasteiger charge is 2.28. The lowest BCUT2D eigenvalue weighted by Gasteiger charge is -2.32. The number of rotatable bonds is 4. The van der Waals surface area contributed by atoms with Crippen LogP contribution in [-0.4, -0.2) is 29.0 Å². The van der Waals surface area contributed by atoms with E-state index in [-0.39, 0.29) is 18.5 Å². The van der Waals surface area contributed by atoms with Crippen LogP contribution < -0.4 is 4.90 Å². The summed E-state index contributed by atoms with van der Waals surface area (Å²) in [7, 11) is 0. The number of nitrogens with zero attached hydrogens (tertiary/aromatic N) is 4. The highest BCUT2D eigenvalue weighted by Crippen LogP contribution is 2.35. The fourth-order valence-electron chi connectivity index (χ4n) is 3.68. The molecule has 6 nitrogen and oxygen atoms in total. The number of piperidine rings is 1. The quantitative estimate of drug-likeness (QED) is 0.606. The first-order chi connectivity index (χ1) is 14.1. The Labute approximate surface area is 173 Å². The Morgan fingerprint density at radius 1 is 1.24 bits per heavy atom. The van der Waals surface area contributed by atoms with E-state index in [0.717, 1.165) is 47.5 Å². The number of thiophene rings is 1. The third-order valence-corrected chi connectivity index (χ3v) is 6.65. The number of hydrogen-bond donors (Lipinski definition) is 0. The van der Waals surface area contributed by atoms with Crippen molar-refractivity contribution >= 4 is 33.3 Å². The normalized spacial score (nSPS) is 14.7. The average molecular weight is 407 g/mol. The number of aromatic nitrogens is 2. The summed E-state index contributed by atoms with van der Waals surface area (Å²) in [5.74, 6) is 0.734. The van der Waals surface area contributed by atoms with Gasteiger partial charge in [-0.3, -0.25) is 4.79 Å². The molecular weight excluding hydrogens is 384 g/mol. The van der Waals surface area contributed by atoms with Gasteiger partial charge in [-0.1, -0.05) is 12.1 Å². The molecule has 1 aliphatic heterocycles. The van der Waals surface area contributed by atoms with Crippen molar-refractivity contribution in [2.75, 3.05) is 18.0 Å². The van der Waals surface area contributed by atoms with Crippen LogP contribution in [0.25, 0.3) is 10.2 Å². The Hall–Kier alpha value is -2.98. The predicted molar refractivity (Wildman–Crippen MR) is 113 cm³/mol. The number of benzene rings is 1. The molecule has 29 heavy (non-hydrogen) atoms. The Morgan fingerprint density at radius 2 is 1.97 bits per heavy atom. The zero-order valence-corrected chi connectivity index (χ0v) is 17.3. The van der Waals surface area contributed by atoms with Gasteiger partial charge in [0.1, 0.15) is 23.6 Å². The van der Waals surface area contributed by atoms with Gasteiger partial charge in [-0.25, -0.2) is 9.97 Å². The van der Waals surface area contributed by atoms with E-state index in [4.69, 9.17) is 10.00 Å². The molecular formula is C22H22N4O2S. The average Bonchev–Trinajstić information content (AvgIpc) is 3.06. The van der Waals surface area contributed by atoms with E-state index in [1.165, 1.54) is 10.4 Å². The van der Waals surface area contributed by atoms with Crippen molar-refractivity contribution in [2.24, 2.45) is 5.92 Å². The zero-order chi connectivity index (χ0) is 20.4. The van der Waals surface area contributed by atoms with Crippen LogP contribution in [0.2, 0.25) is 0 Å². The molecule has 1 fully saturated rings. The SMILES string of the molecule is Cc1sc2ncnc(N3CCC(C(=O)OCc4ccc(C#N)cc4)CC3)c2c1C. The van der Waals surface area contributed by atoms with Crippen LogP contribution in [0.4, 0.5) is 5.82 Å². The molecule has 0 atom stereocenters. The van der Waals surface area contributed by atoms with Gasteiger partial charge in [0.25, 0.3) is 0 Å². The van der Waals surface area contributed by atoms with E-state index in [0.29, 0.717) is 5.56 Å². The predicted octanol–water partition coefficient (Wildman–Crippen LogP) is 4.14. The van der Waals surface area contributed by atoms with Crippen molar-refractivity contribution < 1.29 is 9.53 Å². The van der Waals surface area contributed by atoms with Crippen molar-refractivity contribution in [1.82, 2.24) is 9.97 Å². The van der Waals surface area contributed by atoms with E-state index in [1.807, 2.05) is 12.1 Å². The molecule has 0 N–H and O–H groups in total. The fraction of sp³-hybridized carbons (Fsp3) is 0.364. The monoisotopic (exact) mass is 406 g/mol. The number of hydrogen-bond acceptors (Lipinski definition) is 7. The molecule has 0 unspecified atom stereocenters. The molecule has 148 valence electrons. The van der Waals surface area contributed by atoms with Crippen LogP contribution in [0.3, 0.4) is 0 Å². The molecule has 1 aliphatic rings. The summed E-state index contributed by atoms with van der Waals surface area (Å²) in [6, 6.07) is 9.19. The molecule has 0 aliphatic carbocycles. The van der Waals surface area contributed by atoms with E-state index < -0.39 is 0 Å². The van der Waals surface area contributed by atoms with E-state index in [9.17, 15) is 4.79 Å². The first kappa shape index (κ1) is 19.3. The first-order valence-electron chi connectivity index (χ1n) is 9.68. The van der Waals surface area contributed by atoms with Crippen molar-refractivity contribution in [3.8, 4) is 6.07 Å². The van der Waals surface area contributed by atoms with Gasteiger partial charge < -0.3 is 9.64 Å². The number of esters is 1. The highest BCUT2D eigenvalue weighted by atomic mass is 32.1. The number of anilines is 1. The van der Waals surface area contributed by atoms with Crippen LogP contribution in [0, 0.1) is 31.1 Å². The number of ether oxygens (including phenoxy) is 1. The third-order valence-electron chi connectivity index (χ3n) is 5.54. The topological polar surface area (TPSA) is 79.1 Å². The Morgan fingerprint density at radius 3 is 2.66 bits per heavy atom. The van der Waals surface area contributed by atoms with Crippen LogP contribution in [0.1, 0.15) is 34.4 Å². The zero-order valence-electron chi connectivity index (χ0n) is 16.5. The second kappa shape index (κ2) is 8.18. The second-order valence-corrected chi connectivity index (χ2v) is 8.54. The Balaban J connectivity index is 1.37. The molecule has 1 saturated heterocycles. The summed E-state index contributed by atoms with van der Waals surface area (Å²) in [6.45, 7) is 6.02. The maximum absolute atomic E-state index is 12.5. The Kier molecular flexibility index (Phi) is 5.45. The van der Waals surface area contributed by atoms with E-state index >= 15 is 0 Å². The second-order valence-electron chi connectivity index (χ2n) is 7.34. The fourth-order valence-corrected chi connectivity index (χ4v) is 4.67. The lowest BCUT2D eigenvalue weighted by atomic mass is 9.96. The lowest BCUT2D eigenvalue weighted by molar-refractivity contribution is -0.150. The summed E-state index contributed by atoms with van der Waals surface area (Å²) >= 11 is 1.70. The number of fused-ring (bicyclic) bond motifs is 1. The van der Waals surface area contributed by atoms with Gasteiger partial charge in [0, 0.05) is 18.0 Å². The summed E-state index contributed by atoms with van der Waals surface area (Å²) in [5, 5.41) is 9.98. The highest BCUT2D eigenvalue weighted by molar-refractivity contribution is 7.18.